The molecule has 0 saturated carbocycles. The van der Waals surface area contributed by atoms with Gasteiger partial charge in [0.1, 0.15) is 0 Å². The van der Waals surface area contributed by atoms with Crippen LogP contribution in [0.4, 0.5) is 0 Å². The van der Waals surface area contributed by atoms with E-state index < -0.39 is 0 Å². The summed E-state index contributed by atoms with van der Waals surface area (Å²) < 4.78 is 0. The lowest BCUT2D eigenvalue weighted by Crippen LogP contribution is -1.86. The van der Waals surface area contributed by atoms with Gasteiger partial charge in [-0.2, -0.15) is 5.26 Å². The predicted molar refractivity (Wildman–Crippen MR) is 56.6 cm³/mol. The quantitative estimate of drug-likeness (QED) is 0.643. The summed E-state index contributed by atoms with van der Waals surface area (Å²) in [5.41, 5.74) is 1.36. The third-order valence-corrected chi connectivity index (χ3v) is 2.25. The van der Waals surface area contributed by atoms with Crippen LogP contribution < -0.4 is 0 Å². The summed E-state index contributed by atoms with van der Waals surface area (Å²) in [5.74, 6) is 0. The number of aromatic nitrogens is 1. The maximum Gasteiger partial charge on any atom is 0.0621 e. The number of pyridine rings is 1. The van der Waals surface area contributed by atoms with Gasteiger partial charge in [-0.05, 0) is 37.0 Å². The molecule has 0 N–H and O–H groups in total. The molecule has 1 aromatic heterocycles. The Hall–Kier alpha value is -1.36. The van der Waals surface area contributed by atoms with Gasteiger partial charge in [0.25, 0.3) is 0 Å². The van der Waals surface area contributed by atoms with Crippen molar-refractivity contribution in [1.29, 1.82) is 5.26 Å². The lowest BCUT2D eigenvalue weighted by atomic mass is 10.1. The van der Waals surface area contributed by atoms with Gasteiger partial charge >= 0.3 is 0 Å². The minimum absolute atomic E-state index is 0.704. The zero-order valence-electron chi connectivity index (χ0n) is 8.45. The Morgan fingerprint density at radius 1 is 1.07 bits per heavy atom. The fourth-order valence-electron chi connectivity index (χ4n) is 1.44. The summed E-state index contributed by atoms with van der Waals surface area (Å²) in [6, 6.07) is 6.30. The average molecular weight is 188 g/mol. The van der Waals surface area contributed by atoms with Gasteiger partial charge in [0.05, 0.1) is 6.07 Å². The summed E-state index contributed by atoms with van der Waals surface area (Å²) in [5, 5.41) is 8.34. The highest BCUT2D eigenvalue weighted by Gasteiger charge is 1.92. The standard InChI is InChI=1S/C12H16N2/c13-9-5-3-1-2-4-6-12-7-10-14-11-8-12/h7-8,10-11H,1-6H2. The molecule has 1 aromatic rings. The van der Waals surface area contributed by atoms with Crippen LogP contribution in [-0.2, 0) is 6.42 Å². The lowest BCUT2D eigenvalue weighted by Gasteiger charge is -1.99. The average Bonchev–Trinajstić information content (AvgIpc) is 2.25. The molecular weight excluding hydrogens is 172 g/mol. The molecule has 1 heterocycles. The molecule has 14 heavy (non-hydrogen) atoms. The molecule has 0 atom stereocenters. The van der Waals surface area contributed by atoms with E-state index in [0.29, 0.717) is 6.42 Å². The van der Waals surface area contributed by atoms with Crippen LogP contribution in [0, 0.1) is 11.3 Å². The Kier molecular flexibility index (Phi) is 5.42. The van der Waals surface area contributed by atoms with E-state index in [9.17, 15) is 0 Å². The normalized spacial score (nSPS) is 9.64. The Morgan fingerprint density at radius 2 is 1.79 bits per heavy atom. The molecule has 0 aliphatic heterocycles. The Morgan fingerprint density at radius 3 is 2.50 bits per heavy atom. The van der Waals surface area contributed by atoms with Crippen molar-refractivity contribution in [1.82, 2.24) is 4.98 Å². The molecule has 0 aromatic carbocycles. The molecule has 0 fully saturated rings. The summed E-state index contributed by atoms with van der Waals surface area (Å²) in [6.07, 6.45) is 10.2. The first-order valence-corrected chi connectivity index (χ1v) is 5.19. The van der Waals surface area contributed by atoms with Gasteiger partial charge in [-0.15, -0.1) is 0 Å². The van der Waals surface area contributed by atoms with Crippen LogP contribution in [0.2, 0.25) is 0 Å². The molecule has 0 spiro atoms. The number of hydrogen-bond donors (Lipinski definition) is 0. The predicted octanol–water partition coefficient (Wildman–Crippen LogP) is 3.10. The second kappa shape index (κ2) is 7.08. The highest BCUT2D eigenvalue weighted by Crippen LogP contribution is 2.07. The molecule has 0 bridgehead atoms. The van der Waals surface area contributed by atoms with Gasteiger partial charge in [-0.3, -0.25) is 4.98 Å². The van der Waals surface area contributed by atoms with Crippen molar-refractivity contribution in [2.24, 2.45) is 0 Å². The second-order valence-corrected chi connectivity index (χ2v) is 3.43. The third-order valence-electron chi connectivity index (χ3n) is 2.25. The zero-order valence-corrected chi connectivity index (χ0v) is 8.45. The molecular formula is C12H16N2. The smallest absolute Gasteiger partial charge is 0.0621 e. The summed E-state index contributed by atoms with van der Waals surface area (Å²) in [4.78, 5) is 3.98. The van der Waals surface area contributed by atoms with Gasteiger partial charge in [-0.1, -0.05) is 12.8 Å². The maximum atomic E-state index is 8.34. The highest BCUT2D eigenvalue weighted by molar-refractivity contribution is 5.09. The topological polar surface area (TPSA) is 36.7 Å². The molecule has 0 aliphatic rings. The molecule has 2 nitrogen and oxygen atoms in total. The zero-order chi connectivity index (χ0) is 10.1. The number of aryl methyl sites for hydroxylation is 1. The van der Waals surface area contributed by atoms with Crippen LogP contribution in [0.15, 0.2) is 24.5 Å². The number of rotatable bonds is 6. The van der Waals surface area contributed by atoms with Crippen molar-refractivity contribution in [2.75, 3.05) is 0 Å². The van der Waals surface area contributed by atoms with Crippen molar-refractivity contribution >= 4 is 0 Å². The van der Waals surface area contributed by atoms with E-state index in [-0.39, 0.29) is 0 Å². The van der Waals surface area contributed by atoms with Crippen LogP contribution in [0.1, 0.15) is 37.7 Å². The van der Waals surface area contributed by atoms with Crippen molar-refractivity contribution < 1.29 is 0 Å². The van der Waals surface area contributed by atoms with Gasteiger partial charge in [0.15, 0.2) is 0 Å². The highest BCUT2D eigenvalue weighted by atomic mass is 14.6. The molecule has 0 amide bonds. The molecule has 0 radical (unpaired) electrons. The van der Waals surface area contributed by atoms with E-state index in [0.717, 1.165) is 12.8 Å². The van der Waals surface area contributed by atoms with Gasteiger partial charge in [0, 0.05) is 18.8 Å². The largest absolute Gasteiger partial charge is 0.265 e. The summed E-state index contributed by atoms with van der Waals surface area (Å²) >= 11 is 0. The molecule has 74 valence electrons. The van der Waals surface area contributed by atoms with Crippen LogP contribution in [-0.4, -0.2) is 4.98 Å². The number of nitrogens with zero attached hydrogens (tertiary/aromatic N) is 2. The van der Waals surface area contributed by atoms with E-state index in [4.69, 9.17) is 5.26 Å². The van der Waals surface area contributed by atoms with Crippen molar-refractivity contribution in [3.63, 3.8) is 0 Å². The van der Waals surface area contributed by atoms with E-state index in [1.165, 1.54) is 24.8 Å². The van der Waals surface area contributed by atoms with Crippen LogP contribution in [0.25, 0.3) is 0 Å². The van der Waals surface area contributed by atoms with E-state index in [1.807, 2.05) is 12.4 Å². The van der Waals surface area contributed by atoms with E-state index in [2.05, 4.69) is 23.2 Å². The van der Waals surface area contributed by atoms with Crippen LogP contribution >= 0.6 is 0 Å². The first-order chi connectivity index (χ1) is 6.93. The fraction of sp³-hybridized carbons (Fsp3) is 0.500. The Bertz CT molecular complexity index is 274. The molecule has 0 aliphatic carbocycles. The number of unbranched alkanes of at least 4 members (excludes halogenated alkanes) is 4. The fourth-order valence-corrected chi connectivity index (χ4v) is 1.44. The monoisotopic (exact) mass is 188 g/mol. The second-order valence-electron chi connectivity index (χ2n) is 3.43. The van der Waals surface area contributed by atoms with E-state index in [1.54, 1.807) is 0 Å². The van der Waals surface area contributed by atoms with Crippen LogP contribution in [0.5, 0.6) is 0 Å². The van der Waals surface area contributed by atoms with Gasteiger partial charge < -0.3 is 0 Å². The van der Waals surface area contributed by atoms with Gasteiger partial charge in [0.2, 0.25) is 0 Å². The van der Waals surface area contributed by atoms with Gasteiger partial charge in [-0.25, -0.2) is 0 Å². The van der Waals surface area contributed by atoms with Crippen LogP contribution in [0.3, 0.4) is 0 Å². The molecule has 0 saturated heterocycles. The molecule has 2 heteroatoms. The van der Waals surface area contributed by atoms with Crippen molar-refractivity contribution in [3.05, 3.63) is 30.1 Å². The SMILES string of the molecule is N#CCCCCCCc1ccncc1. The Labute approximate surface area is 85.6 Å². The minimum atomic E-state index is 0.704. The number of hydrogen-bond acceptors (Lipinski definition) is 2. The Balaban J connectivity index is 2.03. The van der Waals surface area contributed by atoms with Crippen molar-refractivity contribution in [3.8, 4) is 6.07 Å². The minimum Gasteiger partial charge on any atom is -0.265 e. The maximum absolute atomic E-state index is 8.34. The first-order valence-electron chi connectivity index (χ1n) is 5.19. The first kappa shape index (κ1) is 10.7. The molecule has 1 rings (SSSR count). The van der Waals surface area contributed by atoms with Crippen molar-refractivity contribution in [2.45, 2.75) is 38.5 Å². The van der Waals surface area contributed by atoms with E-state index >= 15 is 0 Å². The summed E-state index contributed by atoms with van der Waals surface area (Å²) in [7, 11) is 0. The lowest BCUT2D eigenvalue weighted by molar-refractivity contribution is 0.648. The third kappa shape index (κ3) is 4.61. The molecule has 0 unspecified atom stereocenters. The summed E-state index contributed by atoms with van der Waals surface area (Å²) in [6.45, 7) is 0. The number of nitriles is 1.